The SMILES string of the molecule is C[C@H]1CC[C@@H](Oc2cccc(O)c2Br)C1. The fraction of sp³-hybridized carbons (Fsp3) is 0.500. The highest BCUT2D eigenvalue weighted by molar-refractivity contribution is 9.10. The second kappa shape index (κ2) is 4.44. The molecule has 82 valence electrons. The van der Waals surface area contributed by atoms with Crippen LogP contribution in [0.3, 0.4) is 0 Å². The van der Waals surface area contributed by atoms with Gasteiger partial charge in [-0.2, -0.15) is 0 Å². The van der Waals surface area contributed by atoms with Gasteiger partial charge in [-0.1, -0.05) is 13.0 Å². The minimum Gasteiger partial charge on any atom is -0.507 e. The van der Waals surface area contributed by atoms with Crippen molar-refractivity contribution in [2.24, 2.45) is 5.92 Å². The van der Waals surface area contributed by atoms with Gasteiger partial charge in [-0.3, -0.25) is 0 Å². The first-order valence-corrected chi connectivity index (χ1v) is 6.10. The molecule has 0 aliphatic heterocycles. The van der Waals surface area contributed by atoms with E-state index in [0.29, 0.717) is 10.6 Å². The van der Waals surface area contributed by atoms with Crippen molar-refractivity contribution < 1.29 is 9.84 Å². The van der Waals surface area contributed by atoms with Crippen LogP contribution in [0.5, 0.6) is 11.5 Å². The van der Waals surface area contributed by atoms with Crippen LogP contribution in [0.1, 0.15) is 26.2 Å². The maximum Gasteiger partial charge on any atom is 0.137 e. The Morgan fingerprint density at radius 1 is 1.40 bits per heavy atom. The average molecular weight is 271 g/mol. The smallest absolute Gasteiger partial charge is 0.137 e. The second-order valence-corrected chi connectivity index (χ2v) is 5.04. The van der Waals surface area contributed by atoms with Crippen molar-refractivity contribution in [2.75, 3.05) is 0 Å². The summed E-state index contributed by atoms with van der Waals surface area (Å²) in [5, 5.41) is 9.50. The molecule has 2 nitrogen and oxygen atoms in total. The molecule has 0 spiro atoms. The third-order valence-corrected chi connectivity index (χ3v) is 3.68. The van der Waals surface area contributed by atoms with Gasteiger partial charge < -0.3 is 9.84 Å². The molecular weight excluding hydrogens is 256 g/mol. The first kappa shape index (κ1) is 10.8. The molecule has 0 bridgehead atoms. The summed E-state index contributed by atoms with van der Waals surface area (Å²) < 4.78 is 6.51. The van der Waals surface area contributed by atoms with E-state index in [-0.39, 0.29) is 5.75 Å². The van der Waals surface area contributed by atoms with Gasteiger partial charge >= 0.3 is 0 Å². The van der Waals surface area contributed by atoms with Crippen LogP contribution < -0.4 is 4.74 Å². The molecule has 0 amide bonds. The maximum absolute atomic E-state index is 9.50. The van der Waals surface area contributed by atoms with E-state index in [2.05, 4.69) is 22.9 Å². The lowest BCUT2D eigenvalue weighted by molar-refractivity contribution is 0.203. The van der Waals surface area contributed by atoms with Crippen molar-refractivity contribution in [3.63, 3.8) is 0 Å². The van der Waals surface area contributed by atoms with Crippen LogP contribution >= 0.6 is 15.9 Å². The van der Waals surface area contributed by atoms with E-state index in [0.717, 1.165) is 24.5 Å². The van der Waals surface area contributed by atoms with E-state index in [1.807, 2.05) is 6.07 Å². The number of hydrogen-bond donors (Lipinski definition) is 1. The van der Waals surface area contributed by atoms with Crippen molar-refractivity contribution >= 4 is 15.9 Å². The average Bonchev–Trinajstić information content (AvgIpc) is 2.59. The van der Waals surface area contributed by atoms with E-state index < -0.39 is 0 Å². The van der Waals surface area contributed by atoms with Crippen LogP contribution in [0.4, 0.5) is 0 Å². The summed E-state index contributed by atoms with van der Waals surface area (Å²) in [5.41, 5.74) is 0. The van der Waals surface area contributed by atoms with E-state index >= 15 is 0 Å². The normalized spacial score (nSPS) is 25.5. The summed E-state index contributed by atoms with van der Waals surface area (Å²) in [6.45, 7) is 2.25. The number of hydrogen-bond acceptors (Lipinski definition) is 2. The third kappa shape index (κ3) is 2.46. The summed E-state index contributed by atoms with van der Waals surface area (Å²) in [5.74, 6) is 1.73. The minimum atomic E-state index is 0.235. The van der Waals surface area contributed by atoms with Gasteiger partial charge in [0.05, 0.1) is 6.10 Å². The molecule has 1 aromatic rings. The second-order valence-electron chi connectivity index (χ2n) is 4.25. The van der Waals surface area contributed by atoms with Crippen molar-refractivity contribution in [3.05, 3.63) is 22.7 Å². The Hall–Kier alpha value is -0.700. The van der Waals surface area contributed by atoms with E-state index in [9.17, 15) is 5.11 Å². The molecule has 0 radical (unpaired) electrons. The molecule has 0 aromatic heterocycles. The van der Waals surface area contributed by atoms with Crippen molar-refractivity contribution in [3.8, 4) is 11.5 Å². The summed E-state index contributed by atoms with van der Waals surface area (Å²) in [4.78, 5) is 0. The Bertz CT molecular complexity index is 351. The van der Waals surface area contributed by atoms with Crippen LogP contribution in [-0.2, 0) is 0 Å². The molecule has 0 saturated heterocycles. The van der Waals surface area contributed by atoms with Crippen molar-refractivity contribution in [1.29, 1.82) is 0 Å². The number of ether oxygens (including phenoxy) is 1. The zero-order valence-corrected chi connectivity index (χ0v) is 10.3. The maximum atomic E-state index is 9.50. The molecule has 2 atom stereocenters. The summed E-state index contributed by atoms with van der Waals surface area (Å²) in [7, 11) is 0. The number of halogens is 1. The number of phenolic OH excluding ortho intramolecular Hbond substituents is 1. The summed E-state index contributed by atoms with van der Waals surface area (Å²) in [6.07, 6.45) is 3.77. The van der Waals surface area contributed by atoms with E-state index in [4.69, 9.17) is 4.74 Å². The number of benzene rings is 1. The predicted molar refractivity (Wildman–Crippen MR) is 63.2 cm³/mol. The highest BCUT2D eigenvalue weighted by atomic mass is 79.9. The van der Waals surface area contributed by atoms with Gasteiger partial charge in [0.25, 0.3) is 0 Å². The van der Waals surface area contributed by atoms with Crippen LogP contribution in [0.2, 0.25) is 0 Å². The molecule has 15 heavy (non-hydrogen) atoms. The molecule has 1 N–H and O–H groups in total. The van der Waals surface area contributed by atoms with E-state index in [1.54, 1.807) is 12.1 Å². The first-order chi connectivity index (χ1) is 7.16. The van der Waals surface area contributed by atoms with Gasteiger partial charge in [-0.15, -0.1) is 0 Å². The Morgan fingerprint density at radius 3 is 2.87 bits per heavy atom. The predicted octanol–water partition coefficient (Wildman–Crippen LogP) is 3.72. The largest absolute Gasteiger partial charge is 0.507 e. The lowest BCUT2D eigenvalue weighted by atomic mass is 10.1. The van der Waals surface area contributed by atoms with Gasteiger partial charge in [-0.05, 0) is 53.2 Å². The Kier molecular flexibility index (Phi) is 3.19. The monoisotopic (exact) mass is 270 g/mol. The Balaban J connectivity index is 2.07. The molecule has 0 unspecified atom stereocenters. The lowest BCUT2D eigenvalue weighted by Crippen LogP contribution is -2.11. The van der Waals surface area contributed by atoms with Gasteiger partial charge in [0.15, 0.2) is 0 Å². The molecule has 1 saturated carbocycles. The van der Waals surface area contributed by atoms with Crippen LogP contribution in [-0.4, -0.2) is 11.2 Å². The van der Waals surface area contributed by atoms with Gasteiger partial charge in [0, 0.05) is 0 Å². The molecule has 0 heterocycles. The van der Waals surface area contributed by atoms with Gasteiger partial charge in [0.2, 0.25) is 0 Å². The fourth-order valence-corrected chi connectivity index (χ4v) is 2.39. The molecule has 1 aliphatic rings. The highest BCUT2D eigenvalue weighted by Gasteiger charge is 2.23. The third-order valence-electron chi connectivity index (χ3n) is 2.88. The Labute approximate surface area is 98.4 Å². The highest BCUT2D eigenvalue weighted by Crippen LogP contribution is 2.36. The van der Waals surface area contributed by atoms with E-state index in [1.165, 1.54) is 6.42 Å². The number of aromatic hydroxyl groups is 1. The molecule has 3 heteroatoms. The molecular formula is C12H15BrO2. The van der Waals surface area contributed by atoms with Crippen LogP contribution in [0.15, 0.2) is 22.7 Å². The number of rotatable bonds is 2. The van der Waals surface area contributed by atoms with Gasteiger partial charge in [-0.25, -0.2) is 0 Å². The molecule has 1 aliphatic carbocycles. The zero-order valence-electron chi connectivity index (χ0n) is 8.74. The lowest BCUT2D eigenvalue weighted by Gasteiger charge is -2.15. The summed E-state index contributed by atoms with van der Waals surface area (Å²) >= 11 is 3.33. The summed E-state index contributed by atoms with van der Waals surface area (Å²) in [6, 6.07) is 5.33. The molecule has 1 aromatic carbocycles. The minimum absolute atomic E-state index is 0.235. The van der Waals surface area contributed by atoms with Crippen LogP contribution in [0.25, 0.3) is 0 Å². The zero-order chi connectivity index (χ0) is 10.8. The molecule has 2 rings (SSSR count). The first-order valence-electron chi connectivity index (χ1n) is 5.31. The van der Waals surface area contributed by atoms with Gasteiger partial charge in [0.1, 0.15) is 16.0 Å². The molecule has 1 fully saturated rings. The Morgan fingerprint density at radius 2 is 2.20 bits per heavy atom. The van der Waals surface area contributed by atoms with Crippen molar-refractivity contribution in [2.45, 2.75) is 32.3 Å². The quantitative estimate of drug-likeness (QED) is 0.888. The standard InChI is InChI=1S/C12H15BrO2/c1-8-5-6-9(7-8)15-11-4-2-3-10(14)12(11)13/h2-4,8-9,14H,5-7H2,1H3/t8-,9+/m0/s1. The fourth-order valence-electron chi connectivity index (χ4n) is 2.03. The van der Waals surface area contributed by atoms with Crippen molar-refractivity contribution in [1.82, 2.24) is 0 Å². The van der Waals surface area contributed by atoms with Crippen LogP contribution in [0, 0.1) is 5.92 Å². The number of phenols is 1. The topological polar surface area (TPSA) is 29.5 Å².